The molecule has 0 fully saturated rings. The van der Waals surface area contributed by atoms with Crippen molar-refractivity contribution < 1.29 is 32.0 Å². The summed E-state index contributed by atoms with van der Waals surface area (Å²) < 4.78 is 62.4. The van der Waals surface area contributed by atoms with Crippen LogP contribution in [0.5, 0.6) is 5.75 Å². The molecule has 39 heavy (non-hydrogen) atoms. The van der Waals surface area contributed by atoms with Crippen molar-refractivity contribution in [2.75, 3.05) is 6.61 Å². The fraction of sp³-hybridized carbons (Fsp3) is 0.286. The normalized spacial score (nSPS) is 12.7. The number of oxazole rings is 1. The molecule has 2 aromatic carbocycles. The van der Waals surface area contributed by atoms with E-state index >= 15 is 0 Å². The monoisotopic (exact) mass is 559 g/mol. The van der Waals surface area contributed by atoms with Gasteiger partial charge in [-0.15, -0.1) is 13.2 Å². The van der Waals surface area contributed by atoms with Crippen LogP contribution in [-0.2, 0) is 37.2 Å². The van der Waals surface area contributed by atoms with E-state index in [0.717, 1.165) is 31.6 Å². The number of aliphatic hydroxyl groups excluding tert-OH is 1. The average molecular weight is 560 g/mol. The molecule has 0 aliphatic carbocycles. The van der Waals surface area contributed by atoms with Gasteiger partial charge < -0.3 is 23.4 Å². The van der Waals surface area contributed by atoms with Gasteiger partial charge in [0.1, 0.15) is 30.1 Å². The molecule has 1 N–H and O–H groups in total. The molecule has 7 nitrogen and oxygen atoms in total. The minimum absolute atomic E-state index is 0.0974. The molecule has 0 bridgehead atoms. The molecular weight excluding hydrogens is 531 g/mol. The Morgan fingerprint density at radius 3 is 2.51 bits per heavy atom. The number of hydrogen-bond donors (Lipinski definition) is 1. The number of aryl methyl sites for hydroxylation is 2. The van der Waals surface area contributed by atoms with Crippen molar-refractivity contribution in [2.45, 2.75) is 49.2 Å². The second-order valence-electron chi connectivity index (χ2n) is 8.69. The SMILES string of the molecule is [O-][S+](c1ccc(C=Cc2nc(COc3ccc(CCCCn4ccnc4CCO)cc3)co2)cc1)C(F)(F)F. The van der Waals surface area contributed by atoms with E-state index in [4.69, 9.17) is 14.3 Å². The Hall–Kier alpha value is -3.54. The zero-order valence-corrected chi connectivity index (χ0v) is 21.8. The first-order valence-electron chi connectivity index (χ1n) is 12.4. The van der Waals surface area contributed by atoms with Crippen molar-refractivity contribution in [1.82, 2.24) is 14.5 Å². The fourth-order valence-electron chi connectivity index (χ4n) is 3.86. The number of alkyl halides is 3. The molecule has 2 aromatic heterocycles. The lowest BCUT2D eigenvalue weighted by molar-refractivity contribution is -0.0435. The molecule has 1 unspecified atom stereocenters. The van der Waals surface area contributed by atoms with Gasteiger partial charge in [0.2, 0.25) is 5.89 Å². The number of benzene rings is 2. The van der Waals surface area contributed by atoms with Crippen molar-refractivity contribution in [3.8, 4) is 5.75 Å². The minimum atomic E-state index is -4.79. The summed E-state index contributed by atoms with van der Waals surface area (Å²) in [7, 11) is 0. The molecule has 4 aromatic rings. The van der Waals surface area contributed by atoms with Gasteiger partial charge in [0, 0.05) is 31.4 Å². The summed E-state index contributed by atoms with van der Waals surface area (Å²) in [6.07, 6.45) is 12.0. The van der Waals surface area contributed by atoms with Crippen LogP contribution < -0.4 is 4.74 Å². The molecule has 0 aliphatic heterocycles. The summed E-state index contributed by atoms with van der Waals surface area (Å²) in [5.74, 6) is 1.94. The van der Waals surface area contributed by atoms with Crippen LogP contribution in [0.2, 0.25) is 0 Å². The van der Waals surface area contributed by atoms with Crippen molar-refractivity contribution in [3.63, 3.8) is 0 Å². The van der Waals surface area contributed by atoms with E-state index < -0.39 is 16.7 Å². The van der Waals surface area contributed by atoms with E-state index in [1.54, 1.807) is 18.3 Å². The van der Waals surface area contributed by atoms with E-state index in [1.165, 1.54) is 36.1 Å². The molecule has 1 atom stereocenters. The standard InChI is InChI=1S/C28H28F3N3O4S/c29-28(30,31)39(36)25-11-6-22(7-12-25)8-13-27-33-23(20-38-27)19-37-24-9-4-21(5-10-24)3-1-2-16-34-17-15-32-26(34)14-18-35/h4-13,15,17,20,35H,1-3,14,16,18-19H2. The molecule has 4 rings (SSSR count). The second kappa shape index (κ2) is 13.5. The van der Waals surface area contributed by atoms with Gasteiger partial charge in [-0.2, -0.15) is 0 Å². The van der Waals surface area contributed by atoms with E-state index in [9.17, 15) is 17.7 Å². The first-order chi connectivity index (χ1) is 18.8. The van der Waals surface area contributed by atoms with E-state index in [1.807, 2.05) is 30.5 Å². The number of unbranched alkanes of at least 4 members (excludes halogenated alkanes) is 1. The third-order valence-electron chi connectivity index (χ3n) is 5.85. The maximum atomic E-state index is 12.6. The van der Waals surface area contributed by atoms with Gasteiger partial charge in [-0.25, -0.2) is 9.97 Å². The third-order valence-corrected chi connectivity index (χ3v) is 6.97. The Morgan fingerprint density at radius 1 is 1.03 bits per heavy atom. The molecule has 0 saturated heterocycles. The quantitative estimate of drug-likeness (QED) is 0.164. The summed E-state index contributed by atoms with van der Waals surface area (Å²) in [4.78, 5) is 8.29. The smallest absolute Gasteiger partial charge is 0.578 e. The van der Waals surface area contributed by atoms with Gasteiger partial charge in [0.05, 0.1) is 17.8 Å². The Balaban J connectivity index is 1.20. The fourth-order valence-corrected chi connectivity index (χ4v) is 4.51. The van der Waals surface area contributed by atoms with Crippen LogP contribution in [0.4, 0.5) is 13.2 Å². The number of imidazole rings is 1. The highest BCUT2D eigenvalue weighted by atomic mass is 32.2. The highest BCUT2D eigenvalue weighted by molar-refractivity contribution is 7.92. The van der Waals surface area contributed by atoms with Crippen molar-refractivity contribution in [2.24, 2.45) is 0 Å². The van der Waals surface area contributed by atoms with Crippen molar-refractivity contribution in [1.29, 1.82) is 0 Å². The highest BCUT2D eigenvalue weighted by Gasteiger charge is 2.45. The summed E-state index contributed by atoms with van der Waals surface area (Å²) >= 11 is -3.05. The molecule has 0 aliphatic rings. The van der Waals surface area contributed by atoms with Gasteiger partial charge in [-0.05, 0) is 72.9 Å². The number of hydrogen-bond acceptors (Lipinski definition) is 6. The van der Waals surface area contributed by atoms with Crippen molar-refractivity contribution in [3.05, 3.63) is 95.7 Å². The van der Waals surface area contributed by atoms with Crippen LogP contribution in [0.1, 0.15) is 41.4 Å². The highest BCUT2D eigenvalue weighted by Crippen LogP contribution is 2.30. The largest absolute Gasteiger partial charge is 0.604 e. The Bertz CT molecular complexity index is 1340. The number of aromatic nitrogens is 3. The number of ether oxygens (including phenoxy) is 1. The molecule has 11 heteroatoms. The predicted molar refractivity (Wildman–Crippen MR) is 141 cm³/mol. The Labute approximate surface area is 227 Å². The number of halogens is 3. The summed E-state index contributed by atoms with van der Waals surface area (Å²) in [5.41, 5.74) is -2.36. The molecule has 0 spiro atoms. The topological polar surface area (TPSA) is 96.4 Å². The van der Waals surface area contributed by atoms with Gasteiger partial charge >= 0.3 is 5.51 Å². The molecule has 0 saturated carbocycles. The van der Waals surface area contributed by atoms with Crippen LogP contribution in [0.25, 0.3) is 12.2 Å². The zero-order valence-electron chi connectivity index (χ0n) is 21.0. The molecule has 0 radical (unpaired) electrons. The Kier molecular flexibility index (Phi) is 9.85. The minimum Gasteiger partial charge on any atom is -0.604 e. The van der Waals surface area contributed by atoms with Crippen LogP contribution in [0.3, 0.4) is 0 Å². The zero-order chi connectivity index (χ0) is 27.7. The van der Waals surface area contributed by atoms with E-state index in [-0.39, 0.29) is 18.1 Å². The summed E-state index contributed by atoms with van der Waals surface area (Å²) in [6.45, 7) is 1.19. The lowest BCUT2D eigenvalue weighted by Crippen LogP contribution is -2.23. The third kappa shape index (κ3) is 8.47. The van der Waals surface area contributed by atoms with Gasteiger partial charge in [0.25, 0.3) is 0 Å². The number of aliphatic hydroxyl groups is 1. The number of nitrogens with zero attached hydrogens (tertiary/aromatic N) is 3. The summed E-state index contributed by atoms with van der Waals surface area (Å²) in [6, 6.07) is 13.2. The van der Waals surface area contributed by atoms with Crippen molar-refractivity contribution >= 4 is 23.3 Å². The lowest BCUT2D eigenvalue weighted by atomic mass is 10.1. The first-order valence-corrected chi connectivity index (χ1v) is 13.5. The van der Waals surface area contributed by atoms with Gasteiger partial charge in [0.15, 0.2) is 4.90 Å². The van der Waals surface area contributed by atoms with Crippen LogP contribution in [0.15, 0.2) is 76.5 Å². The summed E-state index contributed by atoms with van der Waals surface area (Å²) in [5, 5.41) is 9.10. The van der Waals surface area contributed by atoms with E-state index in [0.29, 0.717) is 29.3 Å². The van der Waals surface area contributed by atoms with Crippen LogP contribution in [-0.4, -0.2) is 36.3 Å². The maximum absolute atomic E-state index is 12.6. The Morgan fingerprint density at radius 2 is 1.79 bits per heavy atom. The molecule has 0 amide bonds. The maximum Gasteiger partial charge on any atom is 0.578 e. The molecular formula is C28H28F3N3O4S. The first kappa shape index (κ1) is 28.5. The van der Waals surface area contributed by atoms with Crippen LogP contribution >= 0.6 is 0 Å². The molecule has 206 valence electrons. The second-order valence-corrected chi connectivity index (χ2v) is 10.2. The molecule has 2 heterocycles. The number of rotatable bonds is 13. The van der Waals surface area contributed by atoms with Gasteiger partial charge in [-0.1, -0.05) is 12.1 Å². The van der Waals surface area contributed by atoms with Gasteiger partial charge in [-0.3, -0.25) is 0 Å². The van der Waals surface area contributed by atoms with Crippen LogP contribution in [0, 0.1) is 0 Å². The predicted octanol–water partition coefficient (Wildman–Crippen LogP) is 5.81. The average Bonchev–Trinajstić information content (AvgIpc) is 3.58. The lowest BCUT2D eigenvalue weighted by Gasteiger charge is -2.11. The van der Waals surface area contributed by atoms with E-state index in [2.05, 4.69) is 14.5 Å².